The van der Waals surface area contributed by atoms with Crippen molar-refractivity contribution in [3.05, 3.63) is 59.5 Å². The second kappa shape index (κ2) is 9.90. The van der Waals surface area contributed by atoms with Crippen LogP contribution < -0.4 is 10.2 Å². The fraction of sp³-hybridized carbons (Fsp3) is 0.458. The van der Waals surface area contributed by atoms with Gasteiger partial charge in [0.05, 0.1) is 5.56 Å². The molecule has 164 valence electrons. The van der Waals surface area contributed by atoms with E-state index in [-0.39, 0.29) is 23.5 Å². The van der Waals surface area contributed by atoms with E-state index < -0.39 is 0 Å². The number of piperidine rings is 1. The van der Waals surface area contributed by atoms with Crippen molar-refractivity contribution in [1.82, 2.24) is 15.2 Å². The topological polar surface area (TPSA) is 65.5 Å². The number of aromatic nitrogens is 1. The molecule has 0 spiro atoms. The van der Waals surface area contributed by atoms with Crippen LogP contribution in [0.3, 0.4) is 0 Å². The Bertz CT molecular complexity index is 921. The van der Waals surface area contributed by atoms with Gasteiger partial charge in [-0.25, -0.2) is 9.37 Å². The van der Waals surface area contributed by atoms with Crippen LogP contribution in [0.1, 0.15) is 41.6 Å². The third-order valence-electron chi connectivity index (χ3n) is 6.23. The minimum Gasteiger partial charge on any atom is -0.356 e. The number of likely N-dealkylation sites (tertiary alicyclic amines) is 1. The molecule has 2 aliphatic rings. The first-order chi connectivity index (χ1) is 15.1. The lowest BCUT2D eigenvalue weighted by Gasteiger charge is -2.32. The number of nitrogens with one attached hydrogen (secondary N) is 1. The summed E-state index contributed by atoms with van der Waals surface area (Å²) in [5.74, 6) is 0.401. The van der Waals surface area contributed by atoms with Gasteiger partial charge in [0.2, 0.25) is 5.91 Å². The van der Waals surface area contributed by atoms with Crippen LogP contribution in [0, 0.1) is 11.7 Å². The van der Waals surface area contributed by atoms with Gasteiger partial charge >= 0.3 is 0 Å². The van der Waals surface area contributed by atoms with Gasteiger partial charge in [0, 0.05) is 44.8 Å². The smallest absolute Gasteiger partial charge is 0.257 e. The van der Waals surface area contributed by atoms with Gasteiger partial charge < -0.3 is 15.1 Å². The molecule has 2 aliphatic heterocycles. The van der Waals surface area contributed by atoms with Crippen LogP contribution in [0.4, 0.5) is 10.2 Å². The third-order valence-corrected chi connectivity index (χ3v) is 6.23. The molecule has 7 heteroatoms. The molecular formula is C24H29FN4O2. The lowest BCUT2D eigenvalue weighted by atomic mass is 9.95. The van der Waals surface area contributed by atoms with E-state index in [0.29, 0.717) is 50.0 Å². The highest BCUT2D eigenvalue weighted by Crippen LogP contribution is 2.25. The summed E-state index contributed by atoms with van der Waals surface area (Å²) in [5, 5.41) is 2.92. The van der Waals surface area contributed by atoms with Gasteiger partial charge in [-0.1, -0.05) is 18.2 Å². The van der Waals surface area contributed by atoms with E-state index in [2.05, 4.69) is 15.2 Å². The Morgan fingerprint density at radius 2 is 1.77 bits per heavy atom. The molecule has 2 aromatic rings. The standard InChI is InChI=1S/C24H29FN4O2/c25-21-8-2-1-6-18(21)9-13-27-23(30)19-10-16-29(17-11-19)24(31)20-7-5-12-26-22(20)28-14-3-4-15-28/h1-2,5-8,12,19H,3-4,9-11,13-17H2,(H,27,30). The molecule has 2 fully saturated rings. The zero-order valence-corrected chi connectivity index (χ0v) is 17.7. The number of carbonyl (C=O) groups excluding carboxylic acids is 2. The molecule has 3 heterocycles. The highest BCUT2D eigenvalue weighted by molar-refractivity contribution is 5.99. The number of pyridine rings is 1. The first kappa shape index (κ1) is 21.3. The molecule has 6 nitrogen and oxygen atoms in total. The first-order valence-corrected chi connectivity index (χ1v) is 11.1. The van der Waals surface area contributed by atoms with Gasteiger partial charge in [-0.15, -0.1) is 0 Å². The first-order valence-electron chi connectivity index (χ1n) is 11.1. The molecule has 1 aromatic carbocycles. The minimum atomic E-state index is -0.243. The van der Waals surface area contributed by atoms with Crippen LogP contribution in [0.5, 0.6) is 0 Å². The number of amides is 2. The maximum absolute atomic E-state index is 13.7. The third kappa shape index (κ3) is 5.03. The summed E-state index contributed by atoms with van der Waals surface area (Å²) < 4.78 is 13.7. The normalized spacial score (nSPS) is 17.1. The zero-order chi connectivity index (χ0) is 21.6. The molecule has 0 bridgehead atoms. The molecule has 4 rings (SSSR count). The Hall–Kier alpha value is -2.96. The highest BCUT2D eigenvalue weighted by atomic mass is 19.1. The average molecular weight is 425 g/mol. The van der Waals surface area contributed by atoms with E-state index in [0.717, 1.165) is 31.7 Å². The van der Waals surface area contributed by atoms with E-state index in [1.54, 1.807) is 24.4 Å². The Morgan fingerprint density at radius 1 is 1.03 bits per heavy atom. The predicted octanol–water partition coefficient (Wildman–Crippen LogP) is 3.03. The number of nitrogens with zero attached hydrogens (tertiary/aromatic N) is 3. The van der Waals surface area contributed by atoms with Gasteiger partial charge in [-0.2, -0.15) is 0 Å². The molecule has 0 radical (unpaired) electrons. The van der Waals surface area contributed by atoms with Crippen molar-refractivity contribution >= 4 is 17.6 Å². The van der Waals surface area contributed by atoms with E-state index in [1.807, 2.05) is 17.0 Å². The van der Waals surface area contributed by atoms with Crippen LogP contribution in [0.2, 0.25) is 0 Å². The zero-order valence-electron chi connectivity index (χ0n) is 17.7. The molecular weight excluding hydrogens is 395 g/mol. The molecule has 2 amide bonds. The van der Waals surface area contributed by atoms with E-state index in [9.17, 15) is 14.0 Å². The molecule has 2 saturated heterocycles. The van der Waals surface area contributed by atoms with Crippen molar-refractivity contribution in [1.29, 1.82) is 0 Å². The van der Waals surface area contributed by atoms with Crippen LogP contribution in [0.15, 0.2) is 42.6 Å². The fourth-order valence-corrected chi connectivity index (χ4v) is 4.43. The number of hydrogen-bond acceptors (Lipinski definition) is 4. The quantitative estimate of drug-likeness (QED) is 0.774. The Balaban J connectivity index is 1.28. The van der Waals surface area contributed by atoms with Gasteiger partial charge in [-0.05, 0) is 55.9 Å². The number of hydrogen-bond donors (Lipinski definition) is 1. The Labute approximate surface area is 182 Å². The SMILES string of the molecule is O=C(NCCc1ccccc1F)C1CCN(C(=O)c2cccnc2N2CCCC2)CC1. The van der Waals surface area contributed by atoms with Crippen LogP contribution in [-0.2, 0) is 11.2 Å². The summed E-state index contributed by atoms with van der Waals surface area (Å²) >= 11 is 0. The van der Waals surface area contributed by atoms with E-state index in [4.69, 9.17) is 0 Å². The molecule has 0 aliphatic carbocycles. The van der Waals surface area contributed by atoms with Crippen LogP contribution in [-0.4, -0.2) is 54.4 Å². The fourth-order valence-electron chi connectivity index (χ4n) is 4.43. The van der Waals surface area contributed by atoms with E-state index in [1.165, 1.54) is 6.07 Å². The van der Waals surface area contributed by atoms with Gasteiger partial charge in [0.15, 0.2) is 0 Å². The number of rotatable bonds is 6. The predicted molar refractivity (Wildman–Crippen MR) is 117 cm³/mol. The van der Waals surface area contributed by atoms with Crippen molar-refractivity contribution in [2.45, 2.75) is 32.1 Å². The van der Waals surface area contributed by atoms with Crippen LogP contribution in [0.25, 0.3) is 0 Å². The van der Waals surface area contributed by atoms with E-state index >= 15 is 0 Å². The molecule has 1 aromatic heterocycles. The second-order valence-corrected chi connectivity index (χ2v) is 8.27. The molecule has 0 unspecified atom stereocenters. The van der Waals surface area contributed by atoms with Crippen molar-refractivity contribution < 1.29 is 14.0 Å². The second-order valence-electron chi connectivity index (χ2n) is 8.27. The summed E-state index contributed by atoms with van der Waals surface area (Å²) in [6, 6.07) is 10.3. The van der Waals surface area contributed by atoms with Gasteiger partial charge in [0.1, 0.15) is 11.6 Å². The lowest BCUT2D eigenvalue weighted by Crippen LogP contribution is -2.43. The highest BCUT2D eigenvalue weighted by Gasteiger charge is 2.30. The van der Waals surface area contributed by atoms with Crippen molar-refractivity contribution in [3.8, 4) is 0 Å². The van der Waals surface area contributed by atoms with Crippen LogP contribution >= 0.6 is 0 Å². The number of halogens is 1. The number of carbonyl (C=O) groups is 2. The van der Waals surface area contributed by atoms with Gasteiger partial charge in [0.25, 0.3) is 5.91 Å². The Morgan fingerprint density at radius 3 is 2.52 bits per heavy atom. The minimum absolute atomic E-state index is 0.00610. The summed E-state index contributed by atoms with van der Waals surface area (Å²) in [7, 11) is 0. The molecule has 0 atom stereocenters. The Kier molecular flexibility index (Phi) is 6.79. The van der Waals surface area contributed by atoms with Gasteiger partial charge in [-0.3, -0.25) is 9.59 Å². The summed E-state index contributed by atoms with van der Waals surface area (Å²) in [6.07, 6.45) is 5.73. The molecule has 1 N–H and O–H groups in total. The molecule has 31 heavy (non-hydrogen) atoms. The molecule has 0 saturated carbocycles. The largest absolute Gasteiger partial charge is 0.356 e. The summed E-state index contributed by atoms with van der Waals surface area (Å²) in [5.41, 5.74) is 1.26. The number of benzene rings is 1. The monoisotopic (exact) mass is 424 g/mol. The van der Waals surface area contributed by atoms with Crippen molar-refractivity contribution in [2.24, 2.45) is 5.92 Å². The lowest BCUT2D eigenvalue weighted by molar-refractivity contribution is -0.126. The maximum atomic E-state index is 13.7. The summed E-state index contributed by atoms with van der Waals surface area (Å²) in [6.45, 7) is 3.39. The summed E-state index contributed by atoms with van der Waals surface area (Å²) in [4.78, 5) is 34.1. The number of anilines is 1. The average Bonchev–Trinajstić information content (AvgIpc) is 3.35. The van der Waals surface area contributed by atoms with Crippen molar-refractivity contribution in [3.63, 3.8) is 0 Å². The van der Waals surface area contributed by atoms with Crippen molar-refractivity contribution in [2.75, 3.05) is 37.6 Å². The maximum Gasteiger partial charge on any atom is 0.257 e.